The van der Waals surface area contributed by atoms with Crippen LogP contribution >= 0.6 is 23.2 Å². The van der Waals surface area contributed by atoms with Crippen LogP contribution in [0.5, 0.6) is 0 Å². The Morgan fingerprint density at radius 2 is 1.93 bits per heavy atom. The standard InChI is InChI=1S/C9H6Cl2N2O/c10-6-4-2-1-3-5(6)7-8(11)13-14-9(7)12/h1-4H,12H2. The first kappa shape index (κ1) is 9.37. The molecule has 2 rings (SSSR count). The predicted octanol–water partition coefficient (Wildman–Crippen LogP) is 3.23. The van der Waals surface area contributed by atoms with Crippen LogP contribution in [0.1, 0.15) is 0 Å². The maximum absolute atomic E-state index is 5.98. The van der Waals surface area contributed by atoms with Gasteiger partial charge in [-0.15, -0.1) is 0 Å². The fourth-order valence-corrected chi connectivity index (χ4v) is 1.65. The second-order valence-electron chi connectivity index (χ2n) is 2.69. The van der Waals surface area contributed by atoms with Gasteiger partial charge in [0, 0.05) is 10.6 Å². The SMILES string of the molecule is Nc1onc(Cl)c1-c1ccccc1Cl. The zero-order valence-electron chi connectivity index (χ0n) is 7.00. The number of nitrogens with zero attached hydrogens (tertiary/aromatic N) is 1. The molecule has 1 heterocycles. The Labute approximate surface area is 90.4 Å². The van der Waals surface area contributed by atoms with Gasteiger partial charge in [0.15, 0.2) is 5.15 Å². The molecule has 2 aromatic rings. The summed E-state index contributed by atoms with van der Waals surface area (Å²) in [5, 5.41) is 4.32. The summed E-state index contributed by atoms with van der Waals surface area (Å²) in [6.07, 6.45) is 0. The van der Waals surface area contributed by atoms with Crippen LogP contribution in [0.3, 0.4) is 0 Å². The summed E-state index contributed by atoms with van der Waals surface area (Å²) < 4.78 is 4.74. The number of nitrogens with two attached hydrogens (primary N) is 1. The molecule has 0 amide bonds. The molecule has 1 aromatic carbocycles. The van der Waals surface area contributed by atoms with Crippen molar-refractivity contribution in [3.8, 4) is 11.1 Å². The van der Waals surface area contributed by atoms with Gasteiger partial charge >= 0.3 is 0 Å². The van der Waals surface area contributed by atoms with E-state index in [4.69, 9.17) is 33.5 Å². The molecule has 1 aromatic heterocycles. The lowest BCUT2D eigenvalue weighted by Gasteiger charge is -2.00. The Hall–Kier alpha value is -1.19. The van der Waals surface area contributed by atoms with Gasteiger partial charge in [0.2, 0.25) is 5.88 Å². The van der Waals surface area contributed by atoms with Crippen LogP contribution in [0.15, 0.2) is 28.8 Å². The highest BCUT2D eigenvalue weighted by molar-refractivity contribution is 6.36. The van der Waals surface area contributed by atoms with E-state index in [9.17, 15) is 0 Å². The number of anilines is 1. The van der Waals surface area contributed by atoms with Gasteiger partial charge in [-0.25, -0.2) is 0 Å². The number of nitrogen functional groups attached to an aromatic ring is 1. The summed E-state index contributed by atoms with van der Waals surface area (Å²) in [6.45, 7) is 0. The van der Waals surface area contributed by atoms with Crippen molar-refractivity contribution in [2.24, 2.45) is 0 Å². The molecule has 0 atom stereocenters. The summed E-state index contributed by atoms with van der Waals surface area (Å²) in [5.74, 6) is 0.170. The summed E-state index contributed by atoms with van der Waals surface area (Å²) in [7, 11) is 0. The minimum atomic E-state index is 0.170. The summed E-state index contributed by atoms with van der Waals surface area (Å²) in [6, 6.07) is 7.21. The molecule has 0 aliphatic carbocycles. The van der Waals surface area contributed by atoms with E-state index in [-0.39, 0.29) is 11.0 Å². The molecule has 0 fully saturated rings. The number of hydrogen-bond donors (Lipinski definition) is 1. The van der Waals surface area contributed by atoms with Gasteiger partial charge in [0.05, 0.1) is 5.56 Å². The minimum Gasteiger partial charge on any atom is -0.367 e. The lowest BCUT2D eigenvalue weighted by molar-refractivity contribution is 0.437. The monoisotopic (exact) mass is 228 g/mol. The second kappa shape index (κ2) is 3.52. The zero-order valence-corrected chi connectivity index (χ0v) is 8.51. The highest BCUT2D eigenvalue weighted by atomic mass is 35.5. The molecule has 14 heavy (non-hydrogen) atoms. The van der Waals surface area contributed by atoms with Gasteiger partial charge in [-0.1, -0.05) is 46.6 Å². The van der Waals surface area contributed by atoms with Gasteiger partial charge in [-0.3, -0.25) is 0 Å². The predicted molar refractivity (Wildman–Crippen MR) is 56.4 cm³/mol. The first-order valence-electron chi connectivity index (χ1n) is 3.85. The molecule has 72 valence electrons. The summed E-state index contributed by atoms with van der Waals surface area (Å²) in [5.41, 5.74) is 6.83. The number of benzene rings is 1. The number of halogens is 2. The molecular formula is C9H6Cl2N2O. The molecule has 0 saturated carbocycles. The van der Waals surface area contributed by atoms with E-state index in [1.807, 2.05) is 12.1 Å². The van der Waals surface area contributed by atoms with E-state index in [1.54, 1.807) is 12.1 Å². The van der Waals surface area contributed by atoms with Crippen LogP contribution < -0.4 is 5.73 Å². The number of aromatic nitrogens is 1. The Kier molecular flexibility index (Phi) is 2.35. The largest absolute Gasteiger partial charge is 0.367 e. The zero-order chi connectivity index (χ0) is 10.1. The van der Waals surface area contributed by atoms with E-state index in [0.29, 0.717) is 10.6 Å². The average Bonchev–Trinajstić information content (AvgIpc) is 2.48. The van der Waals surface area contributed by atoms with Crippen molar-refractivity contribution in [2.45, 2.75) is 0 Å². The van der Waals surface area contributed by atoms with E-state index in [2.05, 4.69) is 5.16 Å². The van der Waals surface area contributed by atoms with Crippen molar-refractivity contribution in [1.29, 1.82) is 0 Å². The molecule has 0 aliphatic rings. The molecule has 2 N–H and O–H groups in total. The second-order valence-corrected chi connectivity index (χ2v) is 3.46. The Morgan fingerprint density at radius 3 is 2.50 bits per heavy atom. The molecule has 0 unspecified atom stereocenters. The van der Waals surface area contributed by atoms with E-state index >= 15 is 0 Å². The van der Waals surface area contributed by atoms with E-state index in [0.717, 1.165) is 5.56 Å². The van der Waals surface area contributed by atoms with Crippen LogP contribution in [0.4, 0.5) is 5.88 Å². The number of rotatable bonds is 1. The lowest BCUT2D eigenvalue weighted by Crippen LogP contribution is -1.85. The van der Waals surface area contributed by atoms with Crippen LogP contribution in [-0.4, -0.2) is 5.16 Å². The highest BCUT2D eigenvalue weighted by Gasteiger charge is 2.15. The molecule has 0 bridgehead atoms. The number of hydrogen-bond acceptors (Lipinski definition) is 3. The van der Waals surface area contributed by atoms with Gasteiger partial charge < -0.3 is 10.3 Å². The van der Waals surface area contributed by atoms with Crippen molar-refractivity contribution in [3.63, 3.8) is 0 Å². The maximum Gasteiger partial charge on any atom is 0.231 e. The summed E-state index contributed by atoms with van der Waals surface area (Å²) >= 11 is 11.8. The average molecular weight is 229 g/mol. The van der Waals surface area contributed by atoms with Gasteiger partial charge in [0.1, 0.15) is 0 Å². The fraction of sp³-hybridized carbons (Fsp3) is 0. The van der Waals surface area contributed by atoms with E-state index < -0.39 is 0 Å². The minimum absolute atomic E-state index is 0.170. The first-order valence-corrected chi connectivity index (χ1v) is 4.61. The van der Waals surface area contributed by atoms with Crippen molar-refractivity contribution >= 4 is 29.1 Å². The topological polar surface area (TPSA) is 52.0 Å². The van der Waals surface area contributed by atoms with Crippen LogP contribution in [0.25, 0.3) is 11.1 Å². The van der Waals surface area contributed by atoms with Crippen molar-refractivity contribution in [1.82, 2.24) is 5.16 Å². The normalized spacial score (nSPS) is 10.4. The molecule has 3 nitrogen and oxygen atoms in total. The van der Waals surface area contributed by atoms with Crippen LogP contribution in [0.2, 0.25) is 10.2 Å². The fourth-order valence-electron chi connectivity index (χ4n) is 1.19. The van der Waals surface area contributed by atoms with Crippen LogP contribution in [-0.2, 0) is 0 Å². The molecule has 0 spiro atoms. The highest BCUT2D eigenvalue weighted by Crippen LogP contribution is 2.36. The van der Waals surface area contributed by atoms with Crippen LogP contribution in [0, 0.1) is 0 Å². The van der Waals surface area contributed by atoms with Gasteiger partial charge in [-0.05, 0) is 6.07 Å². The molecule has 0 radical (unpaired) electrons. The maximum atomic E-state index is 5.98. The Bertz CT molecular complexity index is 448. The molecular weight excluding hydrogens is 223 g/mol. The molecule has 0 saturated heterocycles. The third kappa shape index (κ3) is 1.45. The molecule has 5 heteroatoms. The van der Waals surface area contributed by atoms with Crippen molar-refractivity contribution < 1.29 is 4.52 Å². The third-order valence-electron chi connectivity index (χ3n) is 1.82. The third-order valence-corrected chi connectivity index (χ3v) is 2.41. The van der Waals surface area contributed by atoms with Gasteiger partial charge in [-0.2, -0.15) is 0 Å². The van der Waals surface area contributed by atoms with Crippen molar-refractivity contribution in [3.05, 3.63) is 34.4 Å². The first-order chi connectivity index (χ1) is 6.70. The van der Waals surface area contributed by atoms with Crippen molar-refractivity contribution in [2.75, 3.05) is 5.73 Å². The summed E-state index contributed by atoms with van der Waals surface area (Å²) in [4.78, 5) is 0. The Balaban J connectivity index is 2.66. The smallest absolute Gasteiger partial charge is 0.231 e. The quantitative estimate of drug-likeness (QED) is 0.816. The molecule has 0 aliphatic heterocycles. The van der Waals surface area contributed by atoms with Gasteiger partial charge in [0.25, 0.3) is 0 Å². The van der Waals surface area contributed by atoms with E-state index in [1.165, 1.54) is 0 Å². The Morgan fingerprint density at radius 1 is 1.21 bits per heavy atom. The lowest BCUT2D eigenvalue weighted by atomic mass is 10.1.